The minimum absolute atomic E-state index is 0.0326. The van der Waals surface area contributed by atoms with Crippen LogP contribution in [-0.2, 0) is 14.6 Å². The molecule has 1 rings (SSSR count). The van der Waals surface area contributed by atoms with Gasteiger partial charge in [0.2, 0.25) is 0 Å². The van der Waals surface area contributed by atoms with Gasteiger partial charge in [-0.15, -0.1) is 0 Å². The van der Waals surface area contributed by atoms with Crippen LogP contribution in [0.25, 0.3) is 0 Å². The van der Waals surface area contributed by atoms with Crippen molar-refractivity contribution < 1.29 is 19.7 Å². The van der Waals surface area contributed by atoms with Crippen LogP contribution in [0.3, 0.4) is 0 Å². The SMILES string of the molecule is CCCCC(C(=O)O)C(C)(C)OOC(C)C1CCCCC1. The molecule has 0 spiro atoms. The number of carboxylic acid groups (broad SMARTS) is 1. The van der Waals surface area contributed by atoms with Crippen LogP contribution in [0.15, 0.2) is 0 Å². The van der Waals surface area contributed by atoms with Crippen LogP contribution < -0.4 is 0 Å². The van der Waals surface area contributed by atoms with E-state index >= 15 is 0 Å². The zero-order chi connectivity index (χ0) is 15.9. The molecule has 1 aliphatic carbocycles. The molecule has 2 unspecified atom stereocenters. The van der Waals surface area contributed by atoms with Crippen molar-refractivity contribution in [3.63, 3.8) is 0 Å². The van der Waals surface area contributed by atoms with E-state index in [0.29, 0.717) is 12.3 Å². The Morgan fingerprint density at radius 3 is 2.43 bits per heavy atom. The van der Waals surface area contributed by atoms with Gasteiger partial charge in [0.25, 0.3) is 0 Å². The summed E-state index contributed by atoms with van der Waals surface area (Å²) in [6, 6.07) is 0. The van der Waals surface area contributed by atoms with Gasteiger partial charge in [0.1, 0.15) is 5.60 Å². The van der Waals surface area contributed by atoms with Gasteiger partial charge in [-0.25, -0.2) is 9.78 Å². The number of hydrogen-bond donors (Lipinski definition) is 1. The third kappa shape index (κ3) is 5.95. The predicted octanol–water partition coefficient (Wildman–Crippen LogP) is 4.57. The normalized spacial score (nSPS) is 20.2. The maximum Gasteiger partial charge on any atom is 0.309 e. The molecule has 0 amide bonds. The van der Waals surface area contributed by atoms with E-state index in [1.807, 2.05) is 20.8 Å². The number of carboxylic acids is 1. The second-order valence-corrected chi connectivity index (χ2v) is 6.92. The molecule has 0 aliphatic heterocycles. The molecule has 0 aromatic carbocycles. The molecule has 21 heavy (non-hydrogen) atoms. The Morgan fingerprint density at radius 1 is 1.29 bits per heavy atom. The summed E-state index contributed by atoms with van der Waals surface area (Å²) >= 11 is 0. The predicted molar refractivity (Wildman–Crippen MR) is 82.9 cm³/mol. The summed E-state index contributed by atoms with van der Waals surface area (Å²) in [4.78, 5) is 22.6. The number of aliphatic carboxylic acids is 1. The molecule has 1 N–H and O–H groups in total. The first-order valence-electron chi connectivity index (χ1n) is 8.45. The molecule has 0 heterocycles. The summed E-state index contributed by atoms with van der Waals surface area (Å²) in [6.07, 6.45) is 8.73. The minimum atomic E-state index is -0.803. The van der Waals surface area contributed by atoms with Crippen LogP contribution in [0.5, 0.6) is 0 Å². The Kier molecular flexibility index (Phi) is 7.67. The molecule has 0 aromatic rings. The van der Waals surface area contributed by atoms with Gasteiger partial charge in [0.05, 0.1) is 12.0 Å². The summed E-state index contributed by atoms with van der Waals surface area (Å²) in [5, 5.41) is 9.41. The fraction of sp³-hybridized carbons (Fsp3) is 0.941. The van der Waals surface area contributed by atoms with E-state index in [0.717, 1.165) is 12.8 Å². The van der Waals surface area contributed by atoms with Crippen LogP contribution >= 0.6 is 0 Å². The summed E-state index contributed by atoms with van der Waals surface area (Å²) in [5.74, 6) is -0.799. The van der Waals surface area contributed by atoms with E-state index in [-0.39, 0.29) is 6.10 Å². The van der Waals surface area contributed by atoms with Crippen molar-refractivity contribution in [3.05, 3.63) is 0 Å². The molecule has 4 heteroatoms. The van der Waals surface area contributed by atoms with E-state index < -0.39 is 17.5 Å². The van der Waals surface area contributed by atoms with Gasteiger partial charge < -0.3 is 5.11 Å². The molecule has 2 atom stereocenters. The monoisotopic (exact) mass is 300 g/mol. The molecular formula is C17H32O4. The quantitative estimate of drug-likeness (QED) is 0.500. The van der Waals surface area contributed by atoms with Crippen LogP contribution in [0.4, 0.5) is 0 Å². The Morgan fingerprint density at radius 2 is 1.90 bits per heavy atom. The van der Waals surface area contributed by atoms with E-state index in [4.69, 9.17) is 9.78 Å². The third-order valence-electron chi connectivity index (χ3n) is 4.71. The van der Waals surface area contributed by atoms with Gasteiger partial charge in [-0.2, -0.15) is 0 Å². The fourth-order valence-electron chi connectivity index (χ4n) is 3.12. The molecule has 0 bridgehead atoms. The first kappa shape index (κ1) is 18.4. The first-order chi connectivity index (χ1) is 9.88. The number of carbonyl (C=O) groups is 1. The summed E-state index contributed by atoms with van der Waals surface area (Å²) in [7, 11) is 0. The zero-order valence-corrected chi connectivity index (χ0v) is 14.1. The Bertz CT molecular complexity index is 308. The van der Waals surface area contributed by atoms with Crippen molar-refractivity contribution in [3.8, 4) is 0 Å². The molecule has 1 aliphatic rings. The number of hydrogen-bond acceptors (Lipinski definition) is 3. The van der Waals surface area contributed by atoms with Gasteiger partial charge in [-0.3, -0.25) is 4.79 Å². The third-order valence-corrected chi connectivity index (χ3v) is 4.71. The molecule has 4 nitrogen and oxygen atoms in total. The smallest absolute Gasteiger partial charge is 0.309 e. The van der Waals surface area contributed by atoms with E-state index in [9.17, 15) is 9.90 Å². The lowest BCUT2D eigenvalue weighted by molar-refractivity contribution is -0.390. The second-order valence-electron chi connectivity index (χ2n) is 6.92. The van der Waals surface area contributed by atoms with Crippen LogP contribution in [0.2, 0.25) is 0 Å². The highest BCUT2D eigenvalue weighted by atomic mass is 17.2. The highest BCUT2D eigenvalue weighted by molar-refractivity contribution is 5.71. The molecule has 0 aromatic heterocycles. The van der Waals surface area contributed by atoms with E-state index in [2.05, 4.69) is 6.92 Å². The van der Waals surface area contributed by atoms with Gasteiger partial charge in [0, 0.05) is 0 Å². The van der Waals surface area contributed by atoms with Gasteiger partial charge in [-0.1, -0.05) is 39.0 Å². The van der Waals surface area contributed by atoms with Gasteiger partial charge in [0.15, 0.2) is 0 Å². The standard InChI is InChI=1S/C17H32O4/c1-5-6-12-15(16(18)19)17(3,4)21-20-13(2)14-10-8-7-9-11-14/h13-15H,5-12H2,1-4H3,(H,18,19). The molecule has 0 radical (unpaired) electrons. The lowest BCUT2D eigenvalue weighted by atomic mass is 9.86. The summed E-state index contributed by atoms with van der Waals surface area (Å²) in [5.41, 5.74) is -0.802. The van der Waals surface area contributed by atoms with Crippen molar-refractivity contribution in [1.29, 1.82) is 0 Å². The maximum absolute atomic E-state index is 11.5. The first-order valence-corrected chi connectivity index (χ1v) is 8.45. The van der Waals surface area contributed by atoms with Gasteiger partial charge >= 0.3 is 5.97 Å². The van der Waals surface area contributed by atoms with Gasteiger partial charge in [-0.05, 0) is 46.0 Å². The van der Waals surface area contributed by atoms with Crippen molar-refractivity contribution in [2.24, 2.45) is 11.8 Å². The number of unbranched alkanes of at least 4 members (excludes halogenated alkanes) is 1. The minimum Gasteiger partial charge on any atom is -0.481 e. The van der Waals surface area contributed by atoms with E-state index in [1.54, 1.807) is 0 Å². The number of rotatable bonds is 9. The Hall–Kier alpha value is -0.610. The highest BCUT2D eigenvalue weighted by Gasteiger charge is 2.38. The van der Waals surface area contributed by atoms with Crippen LogP contribution in [-0.4, -0.2) is 22.8 Å². The second kappa shape index (κ2) is 8.74. The van der Waals surface area contributed by atoms with Crippen LogP contribution in [0, 0.1) is 11.8 Å². The summed E-state index contributed by atoms with van der Waals surface area (Å²) in [6.45, 7) is 7.73. The van der Waals surface area contributed by atoms with Crippen LogP contribution in [0.1, 0.15) is 79.1 Å². The zero-order valence-electron chi connectivity index (χ0n) is 14.1. The largest absolute Gasteiger partial charge is 0.481 e. The average molecular weight is 300 g/mol. The van der Waals surface area contributed by atoms with Crippen molar-refractivity contribution in [2.45, 2.75) is 90.8 Å². The molecule has 1 saturated carbocycles. The molecule has 1 fully saturated rings. The highest BCUT2D eigenvalue weighted by Crippen LogP contribution is 2.31. The Labute approximate surface area is 129 Å². The molecular weight excluding hydrogens is 268 g/mol. The lowest BCUT2D eigenvalue weighted by Crippen LogP contribution is -2.41. The topological polar surface area (TPSA) is 55.8 Å². The molecule has 0 saturated heterocycles. The lowest BCUT2D eigenvalue weighted by Gasteiger charge is -2.33. The summed E-state index contributed by atoms with van der Waals surface area (Å²) < 4.78 is 0. The van der Waals surface area contributed by atoms with Crippen molar-refractivity contribution in [2.75, 3.05) is 0 Å². The average Bonchev–Trinajstić information content (AvgIpc) is 2.45. The maximum atomic E-state index is 11.5. The van der Waals surface area contributed by atoms with Crippen molar-refractivity contribution in [1.82, 2.24) is 0 Å². The Balaban J connectivity index is 2.50. The van der Waals surface area contributed by atoms with Crippen molar-refractivity contribution >= 4 is 5.97 Å². The van der Waals surface area contributed by atoms with E-state index in [1.165, 1.54) is 32.1 Å². The fourth-order valence-corrected chi connectivity index (χ4v) is 3.12. The molecule has 124 valence electrons.